The Balaban J connectivity index is 1.42. The van der Waals surface area contributed by atoms with E-state index in [-0.39, 0.29) is 65.6 Å². The molecule has 2 atom stereocenters. The average molecular weight is 640 g/mol. The van der Waals surface area contributed by atoms with Gasteiger partial charge in [0.25, 0.3) is 5.92 Å². The van der Waals surface area contributed by atoms with E-state index >= 15 is 4.39 Å². The van der Waals surface area contributed by atoms with E-state index in [9.17, 15) is 18.7 Å². The second-order valence-electron chi connectivity index (χ2n) is 11.8. The summed E-state index contributed by atoms with van der Waals surface area (Å²) < 4.78 is 49.1. The summed E-state index contributed by atoms with van der Waals surface area (Å²) in [6.07, 6.45) is 1.74. The van der Waals surface area contributed by atoms with Crippen LogP contribution >= 0.6 is 11.6 Å². The van der Waals surface area contributed by atoms with Gasteiger partial charge in [-0.2, -0.15) is 9.97 Å². The van der Waals surface area contributed by atoms with Gasteiger partial charge in [0, 0.05) is 42.7 Å². The molecule has 0 spiro atoms. The van der Waals surface area contributed by atoms with E-state index in [1.807, 2.05) is 43.0 Å². The smallest absolute Gasteiger partial charge is 0.319 e. The summed E-state index contributed by atoms with van der Waals surface area (Å²) in [4.78, 5) is 27.0. The third kappa shape index (κ3) is 5.98. The molecule has 0 bridgehead atoms. The van der Waals surface area contributed by atoms with Crippen molar-refractivity contribution in [2.45, 2.75) is 38.3 Å². The molecule has 45 heavy (non-hydrogen) atoms. The highest BCUT2D eigenvalue weighted by molar-refractivity contribution is 6.35. The summed E-state index contributed by atoms with van der Waals surface area (Å²) in [5.74, 6) is -3.17. The van der Waals surface area contributed by atoms with Crippen LogP contribution in [0.15, 0.2) is 55.1 Å². The number of nitrogens with zero attached hydrogens (tertiary/aromatic N) is 5. The van der Waals surface area contributed by atoms with E-state index in [1.54, 1.807) is 21.9 Å². The Morgan fingerprint density at radius 2 is 1.89 bits per heavy atom. The lowest BCUT2D eigenvalue weighted by Crippen LogP contribution is -2.58. The van der Waals surface area contributed by atoms with Crippen LogP contribution in [-0.4, -0.2) is 88.1 Å². The third-order valence-electron chi connectivity index (χ3n) is 8.43. The predicted molar refractivity (Wildman–Crippen MR) is 169 cm³/mol. The zero-order chi connectivity index (χ0) is 32.0. The first-order chi connectivity index (χ1) is 21.5. The van der Waals surface area contributed by atoms with E-state index in [1.165, 1.54) is 12.1 Å². The lowest BCUT2D eigenvalue weighted by Gasteiger charge is -2.44. The van der Waals surface area contributed by atoms with Gasteiger partial charge in [0.15, 0.2) is 5.82 Å². The minimum absolute atomic E-state index is 0.0198. The Morgan fingerprint density at radius 1 is 1.13 bits per heavy atom. The van der Waals surface area contributed by atoms with Crippen molar-refractivity contribution >= 4 is 45.0 Å². The fourth-order valence-electron chi connectivity index (χ4n) is 6.26. The number of hydrogen-bond acceptors (Lipinski definition) is 7. The molecule has 3 aromatic carbocycles. The number of carbonyl (C=O) groups excluding carboxylic acids is 1. The van der Waals surface area contributed by atoms with Crippen LogP contribution in [0.5, 0.6) is 11.8 Å². The molecule has 2 fully saturated rings. The number of anilines is 1. The number of likely N-dealkylation sites (tertiary alicyclic amines) is 1. The number of aromatic hydroxyl groups is 1. The number of amides is 1. The largest absolute Gasteiger partial charge is 0.508 e. The topological polar surface area (TPSA) is 82.0 Å². The van der Waals surface area contributed by atoms with E-state index < -0.39 is 11.7 Å². The number of rotatable bonds is 8. The number of hydrogen-bond donors (Lipinski definition) is 1. The Hall–Kier alpha value is -4.09. The highest BCUT2D eigenvalue weighted by Crippen LogP contribution is 2.43. The molecule has 6 rings (SSSR count). The molecule has 12 heteroatoms. The number of phenols is 1. The van der Waals surface area contributed by atoms with Gasteiger partial charge in [0.1, 0.15) is 17.1 Å². The van der Waals surface area contributed by atoms with Crippen molar-refractivity contribution in [2.75, 3.05) is 44.2 Å². The molecular weight excluding hydrogens is 607 g/mol. The molecule has 8 nitrogen and oxygen atoms in total. The molecule has 4 aromatic rings. The monoisotopic (exact) mass is 639 g/mol. The maximum absolute atomic E-state index is 16.7. The van der Waals surface area contributed by atoms with Crippen LogP contribution in [-0.2, 0) is 4.79 Å². The van der Waals surface area contributed by atoms with Crippen molar-refractivity contribution in [3.63, 3.8) is 0 Å². The van der Waals surface area contributed by atoms with Crippen LogP contribution in [0.2, 0.25) is 5.02 Å². The molecule has 1 N–H and O–H groups in total. The fourth-order valence-corrected chi connectivity index (χ4v) is 6.55. The molecule has 0 aliphatic carbocycles. The lowest BCUT2D eigenvalue weighted by atomic mass is 9.96. The van der Waals surface area contributed by atoms with Crippen molar-refractivity contribution in [1.29, 1.82) is 0 Å². The first kappa shape index (κ1) is 30.9. The van der Waals surface area contributed by atoms with E-state index in [0.717, 1.165) is 0 Å². The quantitative estimate of drug-likeness (QED) is 0.180. The lowest BCUT2D eigenvalue weighted by molar-refractivity contribution is -0.131. The SMILES string of the molecule is C=CC(=O)N1C[C@H](C)N(c2nc(OCCCN3CC(F)(F)C3)nc3c(F)c(-c4cc(O)cc5ccccc45)c(Cl)cc23)C[C@H]1C. The highest BCUT2D eigenvalue weighted by atomic mass is 35.5. The first-order valence-corrected chi connectivity index (χ1v) is 15.2. The second-order valence-corrected chi connectivity index (χ2v) is 12.2. The molecule has 0 unspecified atom stereocenters. The van der Waals surface area contributed by atoms with Crippen LogP contribution in [0, 0.1) is 5.82 Å². The van der Waals surface area contributed by atoms with Crippen LogP contribution < -0.4 is 9.64 Å². The fraction of sp³-hybridized carbons (Fsp3) is 0.364. The summed E-state index contributed by atoms with van der Waals surface area (Å²) in [5.41, 5.74) is 0.463. The molecule has 2 aliphatic rings. The summed E-state index contributed by atoms with van der Waals surface area (Å²) in [7, 11) is 0. The van der Waals surface area contributed by atoms with Gasteiger partial charge in [-0.05, 0) is 60.9 Å². The number of carbonyl (C=O) groups is 1. The number of piperazine rings is 1. The van der Waals surface area contributed by atoms with E-state index in [4.69, 9.17) is 21.3 Å². The first-order valence-electron chi connectivity index (χ1n) is 14.8. The van der Waals surface area contributed by atoms with Crippen LogP contribution in [0.4, 0.5) is 19.0 Å². The summed E-state index contributed by atoms with van der Waals surface area (Å²) in [5, 5.41) is 12.4. The van der Waals surface area contributed by atoms with E-state index in [0.29, 0.717) is 53.6 Å². The van der Waals surface area contributed by atoms with Crippen LogP contribution in [0.1, 0.15) is 20.3 Å². The zero-order valence-corrected chi connectivity index (χ0v) is 25.7. The average Bonchev–Trinajstić information content (AvgIpc) is 2.98. The van der Waals surface area contributed by atoms with Crippen molar-refractivity contribution < 1.29 is 27.8 Å². The maximum atomic E-state index is 16.7. The summed E-state index contributed by atoms with van der Waals surface area (Å²) >= 11 is 6.82. The minimum atomic E-state index is -2.65. The van der Waals surface area contributed by atoms with Gasteiger partial charge >= 0.3 is 6.01 Å². The molecule has 0 saturated carbocycles. The Morgan fingerprint density at radius 3 is 2.62 bits per heavy atom. The molecule has 1 aromatic heterocycles. The number of benzene rings is 3. The van der Waals surface area contributed by atoms with Crippen molar-refractivity contribution in [2.24, 2.45) is 0 Å². The van der Waals surface area contributed by atoms with Gasteiger partial charge in [0.2, 0.25) is 5.91 Å². The molecule has 1 amide bonds. The molecular formula is C33H33ClF3N5O3. The van der Waals surface area contributed by atoms with Gasteiger partial charge in [-0.3, -0.25) is 9.69 Å². The van der Waals surface area contributed by atoms with Gasteiger partial charge in [-0.15, -0.1) is 0 Å². The van der Waals surface area contributed by atoms with E-state index in [2.05, 4.69) is 11.6 Å². The summed E-state index contributed by atoms with van der Waals surface area (Å²) in [6.45, 7) is 8.25. The summed E-state index contributed by atoms with van der Waals surface area (Å²) in [6, 6.07) is 11.5. The number of alkyl halides is 2. The van der Waals surface area contributed by atoms with Crippen LogP contribution in [0.3, 0.4) is 0 Å². The Bertz CT molecular complexity index is 1800. The number of fused-ring (bicyclic) bond motifs is 2. The van der Waals surface area contributed by atoms with Gasteiger partial charge < -0.3 is 19.6 Å². The Kier molecular flexibility index (Phi) is 8.26. The zero-order valence-electron chi connectivity index (χ0n) is 24.9. The molecule has 236 valence electrons. The Labute approximate surface area is 263 Å². The second kappa shape index (κ2) is 12.0. The van der Waals surface area contributed by atoms with Crippen molar-refractivity contribution in [1.82, 2.24) is 19.8 Å². The van der Waals surface area contributed by atoms with Gasteiger partial charge in [0.05, 0.1) is 24.7 Å². The van der Waals surface area contributed by atoms with Crippen LogP contribution in [0.25, 0.3) is 32.8 Å². The number of phenolic OH excluding ortho intramolecular Hbond substituents is 1. The highest BCUT2D eigenvalue weighted by Gasteiger charge is 2.43. The van der Waals surface area contributed by atoms with Gasteiger partial charge in [-0.25, -0.2) is 13.2 Å². The normalized spacial score (nSPS) is 20.0. The number of aromatic nitrogens is 2. The molecule has 3 heterocycles. The molecule has 2 aliphatic heterocycles. The maximum Gasteiger partial charge on any atom is 0.319 e. The third-order valence-corrected chi connectivity index (χ3v) is 8.73. The number of ether oxygens (including phenoxy) is 1. The van der Waals surface area contributed by atoms with Gasteiger partial charge in [-0.1, -0.05) is 42.4 Å². The van der Waals surface area contributed by atoms with Crippen molar-refractivity contribution in [3.8, 4) is 22.9 Å². The number of halogens is 4. The van der Waals surface area contributed by atoms with Crippen molar-refractivity contribution in [3.05, 3.63) is 66.0 Å². The predicted octanol–water partition coefficient (Wildman–Crippen LogP) is 6.28. The standard InChI is InChI=1S/C33H33ClF3N5O3/c1-4-27(44)41-15-20(3)42(16-19(41)2)31-25-14-26(34)28(24-13-22(43)12-21-8-5-6-9-23(21)24)29(35)30(25)38-32(39-31)45-11-7-10-40-17-33(36,37)18-40/h4-6,8-9,12-14,19-20,43H,1,7,10-11,15-18H2,2-3H3/t19-,20+/m1/s1. The molecule has 2 saturated heterocycles. The molecule has 0 radical (unpaired) electrons. The minimum Gasteiger partial charge on any atom is -0.508 e.